The third kappa shape index (κ3) is 1.37. The molecule has 1 aromatic heterocycles. The Bertz CT molecular complexity index is 448. The van der Waals surface area contributed by atoms with Crippen LogP contribution < -0.4 is 5.56 Å². The zero-order valence-corrected chi connectivity index (χ0v) is 8.26. The number of carbonyl (C=O) groups is 1. The summed E-state index contributed by atoms with van der Waals surface area (Å²) in [4.78, 5) is 27.4. The second kappa shape index (κ2) is 3.06. The monoisotopic (exact) mass is 192 g/mol. The third-order valence-corrected chi connectivity index (χ3v) is 2.46. The highest BCUT2D eigenvalue weighted by Gasteiger charge is 2.19. The van der Waals surface area contributed by atoms with Crippen LogP contribution in [0.3, 0.4) is 0 Å². The van der Waals surface area contributed by atoms with Crippen molar-refractivity contribution in [3.8, 4) is 0 Å². The van der Waals surface area contributed by atoms with E-state index in [9.17, 15) is 9.59 Å². The highest BCUT2D eigenvalue weighted by atomic mass is 16.1. The Morgan fingerprint density at radius 1 is 1.50 bits per heavy atom. The third-order valence-electron chi connectivity index (χ3n) is 2.46. The fraction of sp³-hybridized carbons (Fsp3) is 0.400. The first-order valence-electron chi connectivity index (χ1n) is 4.52. The molecule has 2 rings (SSSR count). The lowest BCUT2D eigenvalue weighted by molar-refractivity contribution is 0.101. The van der Waals surface area contributed by atoms with Crippen LogP contribution in [0.5, 0.6) is 0 Å². The SMILES string of the molecule is CC(=O)c1cc2c([nH]c1=O)CN(C)C2. The van der Waals surface area contributed by atoms with Gasteiger partial charge in [0, 0.05) is 18.8 Å². The van der Waals surface area contributed by atoms with Gasteiger partial charge in [-0.3, -0.25) is 14.5 Å². The van der Waals surface area contributed by atoms with Crippen LogP contribution in [0.2, 0.25) is 0 Å². The number of rotatable bonds is 1. The van der Waals surface area contributed by atoms with Crippen molar-refractivity contribution in [2.45, 2.75) is 20.0 Å². The van der Waals surface area contributed by atoms with Gasteiger partial charge >= 0.3 is 0 Å². The lowest BCUT2D eigenvalue weighted by Gasteiger charge is -2.02. The molecular weight excluding hydrogens is 180 g/mol. The molecule has 1 aliphatic rings. The minimum atomic E-state index is -0.272. The molecule has 0 aromatic carbocycles. The van der Waals surface area contributed by atoms with Gasteiger partial charge in [0.15, 0.2) is 5.78 Å². The molecule has 0 saturated heterocycles. The van der Waals surface area contributed by atoms with E-state index in [0.717, 1.165) is 24.3 Å². The number of aromatic amines is 1. The van der Waals surface area contributed by atoms with Crippen LogP contribution in [0.4, 0.5) is 0 Å². The second-order valence-corrected chi connectivity index (χ2v) is 3.74. The Hall–Kier alpha value is -1.42. The van der Waals surface area contributed by atoms with Crippen molar-refractivity contribution in [2.75, 3.05) is 7.05 Å². The molecule has 0 unspecified atom stereocenters. The molecule has 0 fully saturated rings. The van der Waals surface area contributed by atoms with Crippen LogP contribution in [0, 0.1) is 0 Å². The summed E-state index contributed by atoms with van der Waals surface area (Å²) < 4.78 is 0. The number of pyridine rings is 1. The van der Waals surface area contributed by atoms with Gasteiger partial charge in [0.05, 0.1) is 5.56 Å². The van der Waals surface area contributed by atoms with Gasteiger partial charge in [0.1, 0.15) is 0 Å². The average Bonchev–Trinajstić information content (AvgIpc) is 2.42. The fourth-order valence-electron chi connectivity index (χ4n) is 1.77. The number of H-pyrrole nitrogens is 1. The molecule has 0 radical (unpaired) electrons. The first kappa shape index (κ1) is 9.15. The highest BCUT2D eigenvalue weighted by Crippen LogP contribution is 2.18. The molecule has 0 aliphatic carbocycles. The van der Waals surface area contributed by atoms with Crippen LogP contribution in [-0.2, 0) is 13.1 Å². The van der Waals surface area contributed by atoms with Gasteiger partial charge in [-0.2, -0.15) is 0 Å². The number of Topliss-reactive ketones (excluding diaryl/α,β-unsaturated/α-hetero) is 1. The first-order valence-corrected chi connectivity index (χ1v) is 4.52. The Kier molecular flexibility index (Phi) is 2.00. The van der Waals surface area contributed by atoms with Crippen molar-refractivity contribution in [3.05, 3.63) is 33.2 Å². The molecule has 4 nitrogen and oxygen atoms in total. The minimum absolute atomic E-state index is 0.177. The quantitative estimate of drug-likeness (QED) is 0.660. The summed E-state index contributed by atoms with van der Waals surface area (Å²) in [5.74, 6) is -0.177. The zero-order valence-electron chi connectivity index (χ0n) is 8.26. The number of nitrogens with one attached hydrogen (secondary N) is 1. The molecule has 1 N–H and O–H groups in total. The molecule has 0 spiro atoms. The lowest BCUT2D eigenvalue weighted by atomic mass is 10.1. The van der Waals surface area contributed by atoms with Crippen molar-refractivity contribution in [3.63, 3.8) is 0 Å². The smallest absolute Gasteiger partial charge is 0.259 e. The van der Waals surface area contributed by atoms with E-state index in [0.29, 0.717) is 0 Å². The molecule has 2 heterocycles. The highest BCUT2D eigenvalue weighted by molar-refractivity contribution is 5.93. The van der Waals surface area contributed by atoms with E-state index in [4.69, 9.17) is 0 Å². The molecule has 0 atom stereocenters. The summed E-state index contributed by atoms with van der Waals surface area (Å²) in [6, 6.07) is 1.71. The van der Waals surface area contributed by atoms with E-state index >= 15 is 0 Å². The Morgan fingerprint density at radius 2 is 2.21 bits per heavy atom. The minimum Gasteiger partial charge on any atom is -0.324 e. The van der Waals surface area contributed by atoms with Gasteiger partial charge in [0.25, 0.3) is 5.56 Å². The van der Waals surface area contributed by atoms with Crippen LogP contribution in [0.25, 0.3) is 0 Å². The predicted octanol–water partition coefficient (Wildman–Crippen LogP) is 0.523. The molecule has 14 heavy (non-hydrogen) atoms. The maximum Gasteiger partial charge on any atom is 0.259 e. The van der Waals surface area contributed by atoms with Crippen molar-refractivity contribution in [2.24, 2.45) is 0 Å². The van der Waals surface area contributed by atoms with E-state index < -0.39 is 0 Å². The van der Waals surface area contributed by atoms with Gasteiger partial charge < -0.3 is 4.98 Å². The molecule has 74 valence electrons. The van der Waals surface area contributed by atoms with Crippen molar-refractivity contribution >= 4 is 5.78 Å². The number of ketones is 1. The number of fused-ring (bicyclic) bond motifs is 1. The topological polar surface area (TPSA) is 53.2 Å². The summed E-state index contributed by atoms with van der Waals surface area (Å²) in [5.41, 5.74) is 1.98. The summed E-state index contributed by atoms with van der Waals surface area (Å²) in [7, 11) is 1.98. The Labute approximate surface area is 81.6 Å². The number of carbonyl (C=O) groups excluding carboxylic acids is 1. The number of nitrogens with zero attached hydrogens (tertiary/aromatic N) is 1. The predicted molar refractivity (Wildman–Crippen MR) is 52.2 cm³/mol. The summed E-state index contributed by atoms with van der Waals surface area (Å²) in [6.45, 7) is 2.96. The summed E-state index contributed by atoms with van der Waals surface area (Å²) in [6.07, 6.45) is 0. The average molecular weight is 192 g/mol. The van der Waals surface area contributed by atoms with Crippen LogP contribution >= 0.6 is 0 Å². The fourth-order valence-corrected chi connectivity index (χ4v) is 1.77. The van der Waals surface area contributed by atoms with Crippen LogP contribution in [-0.4, -0.2) is 22.7 Å². The Balaban J connectivity index is 2.56. The van der Waals surface area contributed by atoms with Crippen LogP contribution in [0.15, 0.2) is 10.9 Å². The van der Waals surface area contributed by atoms with E-state index in [1.807, 2.05) is 7.05 Å². The van der Waals surface area contributed by atoms with Crippen molar-refractivity contribution in [1.82, 2.24) is 9.88 Å². The van der Waals surface area contributed by atoms with Gasteiger partial charge in [-0.1, -0.05) is 0 Å². The molecule has 1 aliphatic heterocycles. The number of hydrogen-bond acceptors (Lipinski definition) is 3. The largest absolute Gasteiger partial charge is 0.324 e. The van der Waals surface area contributed by atoms with Gasteiger partial charge in [-0.05, 0) is 25.6 Å². The van der Waals surface area contributed by atoms with E-state index in [2.05, 4.69) is 9.88 Å². The summed E-state index contributed by atoms with van der Waals surface area (Å²) in [5, 5.41) is 0. The van der Waals surface area contributed by atoms with Gasteiger partial charge in [-0.25, -0.2) is 0 Å². The molecule has 0 amide bonds. The standard InChI is InChI=1S/C10H12N2O2/c1-6(13)8-3-7-4-12(2)5-9(7)11-10(8)14/h3H,4-5H2,1-2H3,(H,11,14). The summed E-state index contributed by atoms with van der Waals surface area (Å²) >= 11 is 0. The number of aromatic nitrogens is 1. The zero-order chi connectivity index (χ0) is 10.3. The first-order chi connectivity index (χ1) is 6.58. The maximum absolute atomic E-state index is 11.4. The van der Waals surface area contributed by atoms with Crippen LogP contribution in [0.1, 0.15) is 28.5 Å². The maximum atomic E-state index is 11.4. The van der Waals surface area contributed by atoms with Crippen molar-refractivity contribution in [1.29, 1.82) is 0 Å². The van der Waals surface area contributed by atoms with Gasteiger partial charge in [-0.15, -0.1) is 0 Å². The van der Waals surface area contributed by atoms with E-state index in [1.54, 1.807) is 6.07 Å². The van der Waals surface area contributed by atoms with Crippen molar-refractivity contribution < 1.29 is 4.79 Å². The van der Waals surface area contributed by atoms with E-state index in [-0.39, 0.29) is 16.9 Å². The molecule has 1 aromatic rings. The lowest BCUT2D eigenvalue weighted by Crippen LogP contribution is -2.17. The Morgan fingerprint density at radius 3 is 2.86 bits per heavy atom. The molecule has 0 saturated carbocycles. The molecule has 4 heteroatoms. The molecular formula is C10H12N2O2. The normalized spacial score (nSPS) is 15.6. The number of hydrogen-bond donors (Lipinski definition) is 1. The van der Waals surface area contributed by atoms with E-state index in [1.165, 1.54) is 6.92 Å². The second-order valence-electron chi connectivity index (χ2n) is 3.74. The van der Waals surface area contributed by atoms with Gasteiger partial charge in [0.2, 0.25) is 0 Å². The molecule has 0 bridgehead atoms.